The van der Waals surface area contributed by atoms with E-state index in [0.29, 0.717) is 12.1 Å². The molecule has 1 saturated heterocycles. The van der Waals surface area contributed by atoms with Crippen LogP contribution in [0.4, 0.5) is 33.3 Å². The van der Waals surface area contributed by atoms with Crippen LogP contribution in [0.1, 0.15) is 12.8 Å². The van der Waals surface area contributed by atoms with Gasteiger partial charge in [0.05, 0.1) is 23.0 Å². The van der Waals surface area contributed by atoms with E-state index < -0.39 is 40.0 Å². The summed E-state index contributed by atoms with van der Waals surface area (Å²) in [6.45, 7) is -0.314. The van der Waals surface area contributed by atoms with E-state index in [9.17, 15) is 32.1 Å². The van der Waals surface area contributed by atoms with Gasteiger partial charge in [-0.05, 0) is 12.8 Å². The van der Waals surface area contributed by atoms with Crippen LogP contribution in [0.5, 0.6) is 0 Å². The molecule has 0 aromatic heterocycles. The summed E-state index contributed by atoms with van der Waals surface area (Å²) in [7, 11) is 0. The summed E-state index contributed by atoms with van der Waals surface area (Å²) < 4.78 is 65.1. The van der Waals surface area contributed by atoms with Gasteiger partial charge in [0.2, 0.25) is 0 Å². The average Bonchev–Trinajstić information content (AvgIpc) is 2.37. The number of nitro benzene ring substituents is 1. The van der Waals surface area contributed by atoms with E-state index in [2.05, 4.69) is 0 Å². The number of benzene rings is 1. The van der Waals surface area contributed by atoms with Crippen LogP contribution in [0.2, 0.25) is 0 Å². The highest BCUT2D eigenvalue weighted by molar-refractivity contribution is 5.54. The Morgan fingerprint density at radius 2 is 1.62 bits per heavy atom. The second-order valence-corrected chi connectivity index (χ2v) is 4.82. The molecular formula is C12H11F5N2O2. The molecule has 0 amide bonds. The third-order valence-corrected chi connectivity index (χ3v) is 3.49. The zero-order valence-electron chi connectivity index (χ0n) is 10.7. The van der Waals surface area contributed by atoms with Gasteiger partial charge in [0.25, 0.3) is 5.69 Å². The Bertz CT molecular complexity index is 530. The van der Waals surface area contributed by atoms with E-state index in [1.165, 1.54) is 0 Å². The summed E-state index contributed by atoms with van der Waals surface area (Å²) in [5.41, 5.74) is -1.25. The molecule has 0 atom stereocenters. The SMILES string of the molecule is O=[N+]([O-])c1cc(F)c(N2CCC(C(F)(F)F)CC2)c(F)c1. The number of non-ortho nitro benzene ring substituents is 1. The van der Waals surface area contributed by atoms with Crippen molar-refractivity contribution in [2.75, 3.05) is 18.0 Å². The van der Waals surface area contributed by atoms with Crippen LogP contribution in [-0.2, 0) is 0 Å². The first kappa shape index (κ1) is 15.5. The zero-order valence-corrected chi connectivity index (χ0v) is 10.7. The van der Waals surface area contributed by atoms with Gasteiger partial charge >= 0.3 is 6.18 Å². The predicted octanol–water partition coefficient (Wildman–Crippen LogP) is 3.65. The smallest absolute Gasteiger partial charge is 0.367 e. The number of nitro groups is 1. The molecule has 1 heterocycles. The number of hydrogen-bond acceptors (Lipinski definition) is 3. The lowest BCUT2D eigenvalue weighted by Gasteiger charge is -2.34. The summed E-state index contributed by atoms with van der Waals surface area (Å²) in [4.78, 5) is 10.7. The lowest BCUT2D eigenvalue weighted by atomic mass is 9.96. The molecule has 2 rings (SSSR count). The second kappa shape index (κ2) is 5.45. The van der Waals surface area contributed by atoms with Gasteiger partial charge in [0.1, 0.15) is 5.69 Å². The molecule has 0 saturated carbocycles. The van der Waals surface area contributed by atoms with Crippen molar-refractivity contribution in [1.29, 1.82) is 0 Å². The van der Waals surface area contributed by atoms with E-state index in [-0.39, 0.29) is 25.9 Å². The summed E-state index contributed by atoms with van der Waals surface area (Å²) in [6, 6.07) is 1.13. The summed E-state index contributed by atoms with van der Waals surface area (Å²) in [6.07, 6.45) is -4.85. The topological polar surface area (TPSA) is 46.4 Å². The number of alkyl halides is 3. The largest absolute Gasteiger partial charge is 0.391 e. The van der Waals surface area contributed by atoms with Crippen LogP contribution >= 0.6 is 0 Å². The minimum Gasteiger partial charge on any atom is -0.367 e. The van der Waals surface area contributed by atoms with E-state index in [1.807, 2.05) is 0 Å². The van der Waals surface area contributed by atoms with Crippen LogP contribution in [-0.4, -0.2) is 24.2 Å². The van der Waals surface area contributed by atoms with Crippen molar-refractivity contribution >= 4 is 11.4 Å². The molecule has 1 fully saturated rings. The maximum Gasteiger partial charge on any atom is 0.391 e. The molecule has 1 aliphatic heterocycles. The highest BCUT2D eigenvalue weighted by Gasteiger charge is 2.41. The van der Waals surface area contributed by atoms with Gasteiger partial charge in [-0.15, -0.1) is 0 Å². The van der Waals surface area contributed by atoms with Gasteiger partial charge in [-0.3, -0.25) is 10.1 Å². The van der Waals surface area contributed by atoms with Crippen molar-refractivity contribution in [3.05, 3.63) is 33.9 Å². The van der Waals surface area contributed by atoms with Crippen molar-refractivity contribution in [2.45, 2.75) is 19.0 Å². The summed E-state index contributed by atoms with van der Waals surface area (Å²) in [5.74, 6) is -3.78. The van der Waals surface area contributed by atoms with E-state index >= 15 is 0 Å². The van der Waals surface area contributed by atoms with Gasteiger partial charge in [-0.25, -0.2) is 8.78 Å². The Kier molecular flexibility index (Phi) is 4.02. The number of nitrogens with zero attached hydrogens (tertiary/aromatic N) is 2. The number of hydrogen-bond donors (Lipinski definition) is 0. The van der Waals surface area contributed by atoms with Crippen LogP contribution in [0.15, 0.2) is 12.1 Å². The fraction of sp³-hybridized carbons (Fsp3) is 0.500. The molecule has 21 heavy (non-hydrogen) atoms. The molecule has 1 aliphatic rings. The van der Waals surface area contributed by atoms with Crippen molar-refractivity contribution in [2.24, 2.45) is 5.92 Å². The van der Waals surface area contributed by atoms with Crippen molar-refractivity contribution in [3.8, 4) is 0 Å². The third kappa shape index (κ3) is 3.22. The van der Waals surface area contributed by atoms with Gasteiger partial charge in [-0.2, -0.15) is 13.2 Å². The van der Waals surface area contributed by atoms with Crippen molar-refractivity contribution in [3.63, 3.8) is 0 Å². The van der Waals surface area contributed by atoms with Crippen molar-refractivity contribution < 1.29 is 26.9 Å². The lowest BCUT2D eigenvalue weighted by molar-refractivity contribution is -0.385. The van der Waals surface area contributed by atoms with Gasteiger partial charge in [0, 0.05) is 13.1 Å². The van der Waals surface area contributed by atoms with Crippen LogP contribution in [0, 0.1) is 27.7 Å². The maximum atomic E-state index is 13.8. The number of rotatable bonds is 2. The fourth-order valence-electron chi connectivity index (χ4n) is 2.39. The first-order chi connectivity index (χ1) is 9.70. The van der Waals surface area contributed by atoms with Gasteiger partial charge in [0.15, 0.2) is 11.6 Å². The summed E-state index contributed by atoms with van der Waals surface area (Å²) >= 11 is 0. The normalized spacial score (nSPS) is 17.1. The fourth-order valence-corrected chi connectivity index (χ4v) is 2.39. The van der Waals surface area contributed by atoms with E-state index in [4.69, 9.17) is 0 Å². The minimum absolute atomic E-state index is 0.157. The van der Waals surface area contributed by atoms with Crippen LogP contribution in [0.25, 0.3) is 0 Å². The molecular weight excluding hydrogens is 299 g/mol. The molecule has 0 unspecified atom stereocenters. The first-order valence-electron chi connectivity index (χ1n) is 6.15. The molecule has 0 aliphatic carbocycles. The second-order valence-electron chi connectivity index (χ2n) is 4.82. The lowest BCUT2D eigenvalue weighted by Crippen LogP contribution is -2.39. The number of halogens is 5. The maximum absolute atomic E-state index is 13.8. The minimum atomic E-state index is -4.32. The molecule has 1 aromatic rings. The van der Waals surface area contributed by atoms with Crippen LogP contribution in [0.3, 0.4) is 0 Å². The molecule has 4 nitrogen and oxygen atoms in total. The Balaban J connectivity index is 2.19. The highest BCUT2D eigenvalue weighted by Crippen LogP contribution is 2.37. The van der Waals surface area contributed by atoms with Gasteiger partial charge < -0.3 is 4.90 Å². The Morgan fingerprint density at radius 1 is 1.14 bits per heavy atom. The quantitative estimate of drug-likeness (QED) is 0.476. The predicted molar refractivity (Wildman–Crippen MR) is 64.0 cm³/mol. The Morgan fingerprint density at radius 3 is 2.00 bits per heavy atom. The molecule has 0 spiro atoms. The average molecular weight is 310 g/mol. The first-order valence-corrected chi connectivity index (χ1v) is 6.15. The molecule has 0 radical (unpaired) electrons. The van der Waals surface area contributed by atoms with Gasteiger partial charge in [-0.1, -0.05) is 0 Å². The Hall–Kier alpha value is -1.93. The third-order valence-electron chi connectivity index (χ3n) is 3.49. The zero-order chi connectivity index (χ0) is 15.8. The van der Waals surface area contributed by atoms with Crippen molar-refractivity contribution in [1.82, 2.24) is 0 Å². The monoisotopic (exact) mass is 310 g/mol. The standard InChI is InChI=1S/C12H11F5N2O2/c13-9-5-8(19(20)21)6-10(14)11(9)18-3-1-7(2-4-18)12(15,16)17/h5-7H,1-4H2. The summed E-state index contributed by atoms with van der Waals surface area (Å²) in [5, 5.41) is 10.5. The molecule has 0 bridgehead atoms. The Labute approximate surface area is 116 Å². The molecule has 116 valence electrons. The number of anilines is 1. The molecule has 9 heteroatoms. The van der Waals surface area contributed by atoms with E-state index in [0.717, 1.165) is 4.90 Å². The highest BCUT2D eigenvalue weighted by atomic mass is 19.4. The number of piperidine rings is 1. The molecule has 1 aromatic carbocycles. The molecule has 0 N–H and O–H groups in total. The van der Waals surface area contributed by atoms with Crippen LogP contribution < -0.4 is 4.90 Å². The van der Waals surface area contributed by atoms with E-state index in [1.54, 1.807) is 0 Å².